The lowest BCUT2D eigenvalue weighted by molar-refractivity contribution is -0.237. The van der Waals surface area contributed by atoms with Gasteiger partial charge in [0.05, 0.1) is 35.6 Å². The molecule has 8 unspecified atom stereocenters. The normalized spacial score (nSPS) is 62.1. The quantitative estimate of drug-likeness (QED) is 0.333. The van der Waals surface area contributed by atoms with E-state index in [0.29, 0.717) is 44.9 Å². The molecule has 6 fully saturated rings. The smallest absolute Gasteiger partial charge is 0.0683 e. The van der Waals surface area contributed by atoms with Gasteiger partial charge in [0, 0.05) is 0 Å². The first kappa shape index (κ1) is 22.2. The molecule has 0 aliphatic heterocycles. The summed E-state index contributed by atoms with van der Waals surface area (Å²) in [6.45, 7) is 0. The second-order valence-corrected chi connectivity index (χ2v) is 12.8. The third-order valence-electron chi connectivity index (χ3n) is 11.5. The Morgan fingerprint density at radius 3 is 1.75 bits per heavy atom. The van der Waals surface area contributed by atoms with Gasteiger partial charge in [0.2, 0.25) is 0 Å². The summed E-state index contributed by atoms with van der Waals surface area (Å²) in [7, 11) is 0. The van der Waals surface area contributed by atoms with Crippen LogP contribution in [0.5, 0.6) is 0 Å². The van der Waals surface area contributed by atoms with E-state index in [0.717, 1.165) is 32.1 Å². The summed E-state index contributed by atoms with van der Waals surface area (Å²) in [6.07, 6.45) is 6.88. The molecule has 6 aliphatic rings. The maximum absolute atomic E-state index is 11.8. The predicted molar refractivity (Wildman–Crippen MR) is 117 cm³/mol. The molecule has 14 atom stereocenters. The highest BCUT2D eigenvalue weighted by Gasteiger charge is 2.62. The Morgan fingerprint density at radius 1 is 0.500 bits per heavy atom. The van der Waals surface area contributed by atoms with E-state index in [-0.39, 0.29) is 47.3 Å². The van der Waals surface area contributed by atoms with Crippen molar-refractivity contribution in [1.82, 2.24) is 0 Å². The van der Waals surface area contributed by atoms with Gasteiger partial charge in [-0.1, -0.05) is 12.8 Å². The molecule has 0 aromatic carbocycles. The molecule has 0 saturated heterocycles. The van der Waals surface area contributed by atoms with E-state index in [9.17, 15) is 30.6 Å². The highest BCUT2D eigenvalue weighted by molar-refractivity contribution is 5.13. The Balaban J connectivity index is 1.27. The minimum atomic E-state index is -0.952. The molecule has 0 spiro atoms. The Morgan fingerprint density at radius 2 is 1.03 bits per heavy atom. The molecule has 182 valence electrons. The molecule has 0 heterocycles. The van der Waals surface area contributed by atoms with Gasteiger partial charge in [0.15, 0.2) is 0 Å². The second-order valence-electron chi connectivity index (χ2n) is 12.8. The molecule has 0 radical (unpaired) electrons. The topological polar surface area (TPSA) is 121 Å². The van der Waals surface area contributed by atoms with Crippen molar-refractivity contribution in [2.45, 2.75) is 113 Å². The van der Waals surface area contributed by atoms with Crippen LogP contribution >= 0.6 is 0 Å². The number of aliphatic hydroxyl groups is 6. The van der Waals surface area contributed by atoms with E-state index in [1.165, 1.54) is 0 Å². The van der Waals surface area contributed by atoms with Crippen molar-refractivity contribution in [2.75, 3.05) is 0 Å². The van der Waals surface area contributed by atoms with Crippen LogP contribution in [0.2, 0.25) is 0 Å². The lowest BCUT2D eigenvalue weighted by Crippen LogP contribution is -2.65. The monoisotopic (exact) mass is 450 g/mol. The van der Waals surface area contributed by atoms with E-state index >= 15 is 0 Å². The van der Waals surface area contributed by atoms with Crippen molar-refractivity contribution in [3.63, 3.8) is 0 Å². The van der Waals surface area contributed by atoms with E-state index in [1.54, 1.807) is 0 Å². The largest absolute Gasteiger partial charge is 0.393 e. The van der Waals surface area contributed by atoms with E-state index in [4.69, 9.17) is 0 Å². The lowest BCUT2D eigenvalue weighted by Gasteiger charge is -2.62. The maximum Gasteiger partial charge on any atom is 0.0683 e. The van der Waals surface area contributed by atoms with Crippen molar-refractivity contribution in [3.05, 3.63) is 0 Å². The van der Waals surface area contributed by atoms with Crippen molar-refractivity contribution < 1.29 is 30.6 Å². The maximum atomic E-state index is 11.8. The van der Waals surface area contributed by atoms with E-state index < -0.39 is 35.6 Å². The summed E-state index contributed by atoms with van der Waals surface area (Å²) in [5.74, 6) is -0.126. The first-order valence-corrected chi connectivity index (χ1v) is 13.4. The van der Waals surface area contributed by atoms with Crippen LogP contribution in [0.25, 0.3) is 0 Å². The van der Waals surface area contributed by atoms with Crippen molar-refractivity contribution in [2.24, 2.45) is 47.3 Å². The predicted octanol–water partition coefficient (Wildman–Crippen LogP) is 1.58. The summed E-state index contributed by atoms with van der Waals surface area (Å²) < 4.78 is 0. The van der Waals surface area contributed by atoms with E-state index in [2.05, 4.69) is 0 Å². The summed E-state index contributed by atoms with van der Waals surface area (Å²) in [4.78, 5) is 0. The van der Waals surface area contributed by atoms with Crippen LogP contribution in [0, 0.1) is 47.3 Å². The van der Waals surface area contributed by atoms with Gasteiger partial charge in [-0.25, -0.2) is 0 Å². The zero-order valence-corrected chi connectivity index (χ0v) is 19.1. The second kappa shape index (κ2) is 7.63. The molecule has 0 aromatic rings. The minimum absolute atomic E-state index is 0.00134. The molecule has 6 aliphatic carbocycles. The van der Waals surface area contributed by atoms with Crippen molar-refractivity contribution >= 4 is 0 Å². The average Bonchev–Trinajstić information content (AvgIpc) is 2.76. The Bertz CT molecular complexity index is 731. The van der Waals surface area contributed by atoms with Crippen LogP contribution in [-0.2, 0) is 0 Å². The zero-order valence-electron chi connectivity index (χ0n) is 19.1. The van der Waals surface area contributed by atoms with Crippen molar-refractivity contribution in [1.29, 1.82) is 0 Å². The molecule has 6 saturated carbocycles. The highest BCUT2D eigenvalue weighted by Crippen LogP contribution is 2.61. The number of fused-ring (bicyclic) bond motifs is 5. The first-order chi connectivity index (χ1) is 15.2. The number of hydrogen-bond acceptors (Lipinski definition) is 6. The van der Waals surface area contributed by atoms with Gasteiger partial charge in [-0.05, 0) is 112 Å². The van der Waals surface area contributed by atoms with Crippen molar-refractivity contribution in [3.8, 4) is 0 Å². The lowest BCUT2D eigenvalue weighted by atomic mass is 9.46. The third kappa shape index (κ3) is 3.20. The zero-order chi connectivity index (χ0) is 22.4. The summed E-state index contributed by atoms with van der Waals surface area (Å²) in [5.41, 5.74) is -1.66. The van der Waals surface area contributed by atoms with E-state index in [1.807, 2.05) is 0 Å². The molecular weight excluding hydrogens is 408 g/mol. The molecule has 32 heavy (non-hydrogen) atoms. The summed E-state index contributed by atoms with van der Waals surface area (Å²) in [5, 5.41) is 67.4. The van der Waals surface area contributed by atoms with Crippen LogP contribution < -0.4 is 0 Å². The van der Waals surface area contributed by atoms with Gasteiger partial charge in [-0.3, -0.25) is 0 Å². The van der Waals surface area contributed by atoms with Crippen LogP contribution in [0.4, 0.5) is 0 Å². The molecule has 0 aromatic heterocycles. The number of rotatable bonds is 0. The summed E-state index contributed by atoms with van der Waals surface area (Å²) >= 11 is 0. The average molecular weight is 451 g/mol. The van der Waals surface area contributed by atoms with Gasteiger partial charge < -0.3 is 30.6 Å². The van der Waals surface area contributed by atoms with Gasteiger partial charge in [-0.15, -0.1) is 0 Å². The summed E-state index contributed by atoms with van der Waals surface area (Å²) in [6, 6.07) is 0. The Kier molecular flexibility index (Phi) is 5.30. The van der Waals surface area contributed by atoms with Crippen LogP contribution in [-0.4, -0.2) is 66.3 Å². The van der Waals surface area contributed by atoms with Gasteiger partial charge in [-0.2, -0.15) is 0 Å². The molecule has 6 rings (SSSR count). The fraction of sp³-hybridized carbons (Fsp3) is 1.00. The Hall–Kier alpha value is -0.240. The van der Waals surface area contributed by atoms with Gasteiger partial charge >= 0.3 is 0 Å². The first-order valence-electron chi connectivity index (χ1n) is 13.4. The molecule has 6 nitrogen and oxygen atoms in total. The van der Waals surface area contributed by atoms with Gasteiger partial charge in [0.1, 0.15) is 0 Å². The van der Waals surface area contributed by atoms with Crippen LogP contribution in [0.3, 0.4) is 0 Å². The molecule has 0 amide bonds. The molecule has 6 heteroatoms. The van der Waals surface area contributed by atoms with Crippen LogP contribution in [0.1, 0.15) is 77.0 Å². The van der Waals surface area contributed by atoms with Gasteiger partial charge in [0.25, 0.3) is 0 Å². The number of aliphatic hydroxyl groups excluding tert-OH is 4. The SMILES string of the molecule is O[C@@H]1C2C[C@@]3(O)CCCCC3CC2[C@H](O)C2CC3CC4C(C[C@@]3(O)CC21)[C@@H](O)CC[C@H]4O. The standard InChI is InChI=1S/C26H42O6/c27-21-4-5-22(28)18-10-26(32)12-20-17(9-14(26)8-15(18)21)23(29)16-7-13-3-1-2-6-25(13,31)11-19(16)24(20)30/h13-24,27-32H,1-12H2/t13?,14?,15?,16?,17?,18?,19?,20?,21-,22+,23+,24-,25+,26-/m1/s1. The highest BCUT2D eigenvalue weighted by atomic mass is 16.3. The fourth-order valence-corrected chi connectivity index (χ4v) is 9.84. The van der Waals surface area contributed by atoms with Crippen LogP contribution in [0.15, 0.2) is 0 Å². The fourth-order valence-electron chi connectivity index (χ4n) is 9.84. The molecule has 6 N–H and O–H groups in total. The minimum Gasteiger partial charge on any atom is -0.393 e. The third-order valence-corrected chi connectivity index (χ3v) is 11.5. The number of hydrogen-bond donors (Lipinski definition) is 6. The molecular formula is C26H42O6. The Labute approximate surface area is 191 Å². The molecule has 0 bridgehead atoms.